The Morgan fingerprint density at radius 2 is 2.00 bits per heavy atom. The fraction of sp³-hybridized carbons (Fsp3) is 0.0667. The third-order valence-electron chi connectivity index (χ3n) is 2.66. The third-order valence-corrected chi connectivity index (χ3v) is 3.42. The number of rotatable bonds is 4. The van der Waals surface area contributed by atoms with E-state index >= 15 is 0 Å². The van der Waals surface area contributed by atoms with Crippen molar-refractivity contribution >= 4 is 39.7 Å². The minimum Gasteiger partial charge on any atom is -0.496 e. The molecule has 0 saturated carbocycles. The van der Waals surface area contributed by atoms with E-state index in [0.29, 0.717) is 16.3 Å². The van der Waals surface area contributed by atoms with Gasteiger partial charge in [-0.15, -0.1) is 0 Å². The van der Waals surface area contributed by atoms with E-state index in [1.54, 1.807) is 18.3 Å². The lowest BCUT2D eigenvalue weighted by atomic mass is 10.2. The van der Waals surface area contributed by atoms with Crippen molar-refractivity contribution in [3.8, 4) is 5.75 Å². The summed E-state index contributed by atoms with van der Waals surface area (Å²) in [7, 11) is 1.49. The maximum atomic E-state index is 12.0. The second-order valence-electron chi connectivity index (χ2n) is 4.10. The molecule has 0 bridgehead atoms. The van der Waals surface area contributed by atoms with Crippen LogP contribution < -0.4 is 10.2 Å². The van der Waals surface area contributed by atoms with Crippen molar-refractivity contribution in [2.75, 3.05) is 7.11 Å². The van der Waals surface area contributed by atoms with E-state index in [-0.39, 0.29) is 5.91 Å². The molecule has 0 aliphatic rings. The molecule has 2 aromatic rings. The number of ether oxygens (including phenoxy) is 1. The van der Waals surface area contributed by atoms with Crippen LogP contribution in [-0.4, -0.2) is 19.2 Å². The van der Waals surface area contributed by atoms with Gasteiger partial charge in [-0.1, -0.05) is 39.7 Å². The molecule has 0 radical (unpaired) electrons. The first-order valence-corrected chi connectivity index (χ1v) is 7.20. The number of methoxy groups -OCH3 is 1. The van der Waals surface area contributed by atoms with E-state index in [2.05, 4.69) is 26.5 Å². The molecule has 0 aliphatic carbocycles. The summed E-state index contributed by atoms with van der Waals surface area (Å²) in [5, 5.41) is 4.37. The van der Waals surface area contributed by atoms with Crippen molar-refractivity contribution in [3.05, 3.63) is 63.1 Å². The van der Waals surface area contributed by atoms with Gasteiger partial charge in [0.25, 0.3) is 5.91 Å². The summed E-state index contributed by atoms with van der Waals surface area (Å²) in [5.74, 6) is 0.0541. The lowest BCUT2D eigenvalue weighted by Crippen LogP contribution is -2.18. The predicted molar refractivity (Wildman–Crippen MR) is 87.2 cm³/mol. The number of amides is 1. The Balaban J connectivity index is 2.08. The van der Waals surface area contributed by atoms with Gasteiger partial charge in [-0.05, 0) is 35.9 Å². The lowest BCUT2D eigenvalue weighted by molar-refractivity contribution is 0.0952. The van der Waals surface area contributed by atoms with Gasteiger partial charge in [0.05, 0.1) is 18.9 Å². The zero-order valence-corrected chi connectivity index (χ0v) is 13.5. The SMILES string of the molecule is COc1ccc(Cl)cc1C(=O)NN=Cc1ccc(Br)cc1. The van der Waals surface area contributed by atoms with Gasteiger partial charge >= 0.3 is 0 Å². The van der Waals surface area contributed by atoms with Crippen molar-refractivity contribution in [2.24, 2.45) is 5.10 Å². The van der Waals surface area contributed by atoms with E-state index in [1.165, 1.54) is 13.2 Å². The number of halogens is 2. The lowest BCUT2D eigenvalue weighted by Gasteiger charge is -2.07. The highest BCUT2D eigenvalue weighted by Crippen LogP contribution is 2.22. The number of carbonyl (C=O) groups is 1. The molecule has 0 atom stereocenters. The Hall–Kier alpha value is -1.85. The highest BCUT2D eigenvalue weighted by atomic mass is 79.9. The second kappa shape index (κ2) is 7.24. The van der Waals surface area contributed by atoms with Crippen LogP contribution in [0.25, 0.3) is 0 Å². The van der Waals surface area contributed by atoms with Crippen LogP contribution in [0.3, 0.4) is 0 Å². The van der Waals surface area contributed by atoms with Crippen molar-refractivity contribution in [2.45, 2.75) is 0 Å². The van der Waals surface area contributed by atoms with E-state index in [1.807, 2.05) is 24.3 Å². The Morgan fingerprint density at radius 1 is 1.29 bits per heavy atom. The fourth-order valence-electron chi connectivity index (χ4n) is 1.63. The first kappa shape index (κ1) is 15.5. The standard InChI is InChI=1S/C15H12BrClN2O2/c1-21-14-7-6-12(17)8-13(14)15(20)19-18-9-10-2-4-11(16)5-3-10/h2-9H,1H3,(H,19,20). The van der Waals surface area contributed by atoms with Gasteiger partial charge in [0, 0.05) is 9.50 Å². The molecule has 0 aromatic heterocycles. The molecule has 1 amide bonds. The maximum Gasteiger partial charge on any atom is 0.275 e. The normalized spacial score (nSPS) is 10.6. The number of nitrogens with zero attached hydrogens (tertiary/aromatic N) is 1. The summed E-state index contributed by atoms with van der Waals surface area (Å²) in [6, 6.07) is 12.4. The van der Waals surface area contributed by atoms with Crippen LogP contribution in [-0.2, 0) is 0 Å². The summed E-state index contributed by atoms with van der Waals surface area (Å²) < 4.78 is 6.10. The summed E-state index contributed by atoms with van der Waals surface area (Å²) in [6.45, 7) is 0. The fourth-order valence-corrected chi connectivity index (χ4v) is 2.07. The molecule has 1 N–H and O–H groups in total. The highest BCUT2D eigenvalue weighted by Gasteiger charge is 2.11. The molecule has 0 saturated heterocycles. The maximum absolute atomic E-state index is 12.0. The first-order valence-electron chi connectivity index (χ1n) is 6.02. The van der Waals surface area contributed by atoms with Gasteiger partial charge in [-0.2, -0.15) is 5.10 Å². The molecular formula is C15H12BrClN2O2. The minimum atomic E-state index is -0.386. The number of hydrogen-bond acceptors (Lipinski definition) is 3. The molecule has 6 heteroatoms. The van der Waals surface area contributed by atoms with Crippen LogP contribution in [0.15, 0.2) is 52.0 Å². The van der Waals surface area contributed by atoms with Gasteiger partial charge in [0.15, 0.2) is 0 Å². The van der Waals surface area contributed by atoms with Gasteiger partial charge in [-0.25, -0.2) is 5.43 Å². The van der Waals surface area contributed by atoms with Crippen LogP contribution in [0.4, 0.5) is 0 Å². The van der Waals surface area contributed by atoms with Crippen molar-refractivity contribution in [3.63, 3.8) is 0 Å². The molecule has 2 rings (SSSR count). The molecule has 108 valence electrons. The molecule has 0 unspecified atom stereocenters. The highest BCUT2D eigenvalue weighted by molar-refractivity contribution is 9.10. The van der Waals surface area contributed by atoms with Crippen molar-refractivity contribution in [1.29, 1.82) is 0 Å². The molecule has 0 fully saturated rings. The number of hydrazone groups is 1. The van der Waals surface area contributed by atoms with Crippen LogP contribution in [0.1, 0.15) is 15.9 Å². The molecule has 21 heavy (non-hydrogen) atoms. The third kappa shape index (κ3) is 4.31. The monoisotopic (exact) mass is 366 g/mol. The van der Waals surface area contributed by atoms with Gasteiger partial charge in [-0.3, -0.25) is 4.79 Å². The van der Waals surface area contributed by atoms with Crippen molar-refractivity contribution in [1.82, 2.24) is 5.43 Å². The molecule has 2 aromatic carbocycles. The number of benzene rings is 2. The van der Waals surface area contributed by atoms with Crippen LogP contribution in [0.2, 0.25) is 5.02 Å². The second-order valence-corrected chi connectivity index (χ2v) is 5.45. The Labute approximate surface area is 135 Å². The molecule has 0 aliphatic heterocycles. The topological polar surface area (TPSA) is 50.7 Å². The zero-order valence-electron chi connectivity index (χ0n) is 11.1. The van der Waals surface area contributed by atoms with E-state index in [9.17, 15) is 4.79 Å². The summed E-state index contributed by atoms with van der Waals surface area (Å²) in [6.07, 6.45) is 1.56. The van der Waals surface area contributed by atoms with Gasteiger partial charge in [0.2, 0.25) is 0 Å². The number of carbonyl (C=O) groups excluding carboxylic acids is 1. The van der Waals surface area contributed by atoms with E-state index in [0.717, 1.165) is 10.0 Å². The van der Waals surface area contributed by atoms with Crippen LogP contribution >= 0.6 is 27.5 Å². The van der Waals surface area contributed by atoms with Gasteiger partial charge < -0.3 is 4.74 Å². The first-order chi connectivity index (χ1) is 10.1. The number of nitrogens with one attached hydrogen (secondary N) is 1. The van der Waals surface area contributed by atoms with Gasteiger partial charge in [0.1, 0.15) is 5.75 Å². The predicted octanol–water partition coefficient (Wildman–Crippen LogP) is 3.88. The molecule has 0 heterocycles. The molecule has 4 nitrogen and oxygen atoms in total. The van der Waals surface area contributed by atoms with E-state index in [4.69, 9.17) is 16.3 Å². The Bertz CT molecular complexity index is 672. The van der Waals surface area contributed by atoms with Crippen LogP contribution in [0, 0.1) is 0 Å². The average molecular weight is 368 g/mol. The smallest absolute Gasteiger partial charge is 0.275 e. The quantitative estimate of drug-likeness (QED) is 0.659. The molecular weight excluding hydrogens is 356 g/mol. The summed E-state index contributed by atoms with van der Waals surface area (Å²) in [5.41, 5.74) is 3.65. The zero-order chi connectivity index (χ0) is 15.2. The molecule has 0 spiro atoms. The van der Waals surface area contributed by atoms with E-state index < -0.39 is 0 Å². The average Bonchev–Trinajstić information content (AvgIpc) is 2.49. The minimum absolute atomic E-state index is 0.331. The number of hydrogen-bond donors (Lipinski definition) is 1. The Kier molecular flexibility index (Phi) is 5.36. The Morgan fingerprint density at radius 3 is 2.67 bits per heavy atom. The largest absolute Gasteiger partial charge is 0.496 e. The van der Waals surface area contributed by atoms with Crippen molar-refractivity contribution < 1.29 is 9.53 Å². The summed E-state index contributed by atoms with van der Waals surface area (Å²) in [4.78, 5) is 12.0. The van der Waals surface area contributed by atoms with Crippen LogP contribution in [0.5, 0.6) is 5.75 Å². The summed E-state index contributed by atoms with van der Waals surface area (Å²) >= 11 is 9.23.